The second-order valence-electron chi connectivity index (χ2n) is 7.74. The van der Waals surface area contributed by atoms with Crippen LogP contribution in [0, 0.1) is 19.3 Å². The predicted molar refractivity (Wildman–Crippen MR) is 102 cm³/mol. The molecule has 5 nitrogen and oxygen atoms in total. The minimum Gasteiger partial charge on any atom is -0.357 e. The van der Waals surface area contributed by atoms with Crippen LogP contribution in [0.1, 0.15) is 63.4 Å². The monoisotopic (exact) mass is 333 g/mol. The van der Waals surface area contributed by atoms with Crippen LogP contribution in [0.4, 0.5) is 0 Å². The number of aliphatic imine (C=N–C) groups is 1. The number of aryl methyl sites for hydroxylation is 2. The molecule has 1 aromatic rings. The van der Waals surface area contributed by atoms with E-state index in [1.54, 1.807) is 0 Å². The Balaban J connectivity index is 1.98. The maximum atomic E-state index is 4.87. The molecule has 1 fully saturated rings. The van der Waals surface area contributed by atoms with E-state index >= 15 is 0 Å². The molecule has 5 heteroatoms. The summed E-state index contributed by atoms with van der Waals surface area (Å²) in [5, 5.41) is 11.5. The maximum Gasteiger partial charge on any atom is 0.191 e. The van der Waals surface area contributed by atoms with E-state index in [2.05, 4.69) is 50.4 Å². The summed E-state index contributed by atoms with van der Waals surface area (Å²) in [5.74, 6) is 0.942. The van der Waals surface area contributed by atoms with Crippen molar-refractivity contribution in [3.63, 3.8) is 0 Å². The quantitative estimate of drug-likeness (QED) is 0.621. The fraction of sp³-hybridized carbons (Fsp3) is 0.789. The van der Waals surface area contributed by atoms with Gasteiger partial charge in [0, 0.05) is 31.9 Å². The molecule has 0 bridgehead atoms. The molecule has 1 atom stereocenters. The Morgan fingerprint density at radius 1 is 1.33 bits per heavy atom. The zero-order valence-electron chi connectivity index (χ0n) is 16.4. The molecule has 1 aliphatic rings. The molecule has 1 saturated carbocycles. The normalized spacial score (nSPS) is 18.7. The van der Waals surface area contributed by atoms with Gasteiger partial charge >= 0.3 is 0 Å². The van der Waals surface area contributed by atoms with E-state index < -0.39 is 0 Å². The highest BCUT2D eigenvalue weighted by molar-refractivity contribution is 5.80. The van der Waals surface area contributed by atoms with Crippen LogP contribution in [0.5, 0.6) is 0 Å². The summed E-state index contributed by atoms with van der Waals surface area (Å²) in [6.07, 6.45) is 6.28. The molecule has 0 spiro atoms. The van der Waals surface area contributed by atoms with Crippen molar-refractivity contribution < 1.29 is 0 Å². The van der Waals surface area contributed by atoms with Gasteiger partial charge in [0.15, 0.2) is 5.96 Å². The molecule has 24 heavy (non-hydrogen) atoms. The molecule has 1 heterocycles. The zero-order chi connectivity index (χ0) is 17.7. The SMILES string of the molecule is CCNC(=NCC1(C)CCCC1)NC(C)Cc1c(C)nn(C)c1C. The summed E-state index contributed by atoms with van der Waals surface area (Å²) in [6.45, 7) is 12.8. The Bertz CT molecular complexity index is 567. The Kier molecular flexibility index (Phi) is 6.30. The highest BCUT2D eigenvalue weighted by Gasteiger charge is 2.28. The zero-order valence-corrected chi connectivity index (χ0v) is 16.4. The number of guanidine groups is 1. The molecule has 0 aliphatic heterocycles. The van der Waals surface area contributed by atoms with Gasteiger partial charge in [0.05, 0.1) is 5.69 Å². The van der Waals surface area contributed by atoms with E-state index in [9.17, 15) is 0 Å². The van der Waals surface area contributed by atoms with Crippen LogP contribution in [0.15, 0.2) is 4.99 Å². The first kappa shape index (κ1) is 18.8. The van der Waals surface area contributed by atoms with Crippen molar-refractivity contribution in [2.45, 2.75) is 72.8 Å². The molecule has 2 N–H and O–H groups in total. The Morgan fingerprint density at radius 2 is 2.00 bits per heavy atom. The summed E-state index contributed by atoms with van der Waals surface area (Å²) < 4.78 is 1.97. The number of rotatable bonds is 6. The largest absolute Gasteiger partial charge is 0.357 e. The lowest BCUT2D eigenvalue weighted by atomic mass is 9.89. The van der Waals surface area contributed by atoms with Gasteiger partial charge in [0.2, 0.25) is 0 Å². The third-order valence-electron chi connectivity index (χ3n) is 5.33. The molecule has 0 saturated heterocycles. The lowest BCUT2D eigenvalue weighted by Gasteiger charge is -2.23. The summed E-state index contributed by atoms with van der Waals surface area (Å²) in [4.78, 5) is 4.87. The van der Waals surface area contributed by atoms with E-state index in [0.29, 0.717) is 11.5 Å². The number of nitrogens with one attached hydrogen (secondary N) is 2. The van der Waals surface area contributed by atoms with Gasteiger partial charge in [-0.25, -0.2) is 0 Å². The Morgan fingerprint density at radius 3 is 2.54 bits per heavy atom. The first-order valence-corrected chi connectivity index (χ1v) is 9.38. The lowest BCUT2D eigenvalue weighted by molar-refractivity contribution is 0.350. The van der Waals surface area contributed by atoms with Crippen LogP contribution in [0.3, 0.4) is 0 Å². The number of nitrogens with zero attached hydrogens (tertiary/aromatic N) is 3. The standard InChI is InChI=1S/C19H35N5/c1-7-20-18(21-13-19(5)10-8-9-11-19)22-14(2)12-17-15(3)23-24(6)16(17)4/h14H,7-13H2,1-6H3,(H2,20,21,22). The topological polar surface area (TPSA) is 54.2 Å². The van der Waals surface area contributed by atoms with Crippen molar-refractivity contribution in [1.82, 2.24) is 20.4 Å². The lowest BCUT2D eigenvalue weighted by Crippen LogP contribution is -2.43. The van der Waals surface area contributed by atoms with Crippen LogP contribution in [0.2, 0.25) is 0 Å². The van der Waals surface area contributed by atoms with Gasteiger partial charge in [-0.05, 0) is 57.9 Å². The predicted octanol–water partition coefficient (Wildman–Crippen LogP) is 3.10. The van der Waals surface area contributed by atoms with Gasteiger partial charge in [-0.15, -0.1) is 0 Å². The van der Waals surface area contributed by atoms with Crippen LogP contribution in [-0.2, 0) is 13.5 Å². The van der Waals surface area contributed by atoms with Gasteiger partial charge in [-0.3, -0.25) is 9.67 Å². The Hall–Kier alpha value is -1.52. The summed E-state index contributed by atoms with van der Waals surface area (Å²) >= 11 is 0. The van der Waals surface area contributed by atoms with E-state index in [1.165, 1.54) is 36.9 Å². The van der Waals surface area contributed by atoms with E-state index in [-0.39, 0.29) is 0 Å². The first-order chi connectivity index (χ1) is 11.3. The van der Waals surface area contributed by atoms with E-state index in [1.807, 2.05) is 11.7 Å². The van der Waals surface area contributed by atoms with Gasteiger partial charge < -0.3 is 10.6 Å². The summed E-state index contributed by atoms with van der Waals surface area (Å²) in [6, 6.07) is 0.320. The summed E-state index contributed by atoms with van der Waals surface area (Å²) in [7, 11) is 2.01. The molecule has 1 aromatic heterocycles. The maximum absolute atomic E-state index is 4.87. The van der Waals surface area contributed by atoms with Crippen molar-refractivity contribution in [3.8, 4) is 0 Å². The van der Waals surface area contributed by atoms with Gasteiger partial charge in [-0.1, -0.05) is 19.8 Å². The van der Waals surface area contributed by atoms with Crippen molar-refractivity contribution in [3.05, 3.63) is 17.0 Å². The molecule has 0 amide bonds. The number of hydrogen-bond acceptors (Lipinski definition) is 2. The molecule has 0 aromatic carbocycles. The fourth-order valence-corrected chi connectivity index (χ4v) is 3.68. The summed E-state index contributed by atoms with van der Waals surface area (Å²) in [5.41, 5.74) is 4.11. The molecule has 1 aliphatic carbocycles. The van der Waals surface area contributed by atoms with E-state index in [0.717, 1.165) is 31.2 Å². The van der Waals surface area contributed by atoms with E-state index in [4.69, 9.17) is 4.99 Å². The van der Waals surface area contributed by atoms with Crippen molar-refractivity contribution in [1.29, 1.82) is 0 Å². The highest BCUT2D eigenvalue weighted by atomic mass is 15.3. The van der Waals surface area contributed by atoms with Gasteiger partial charge in [-0.2, -0.15) is 5.10 Å². The first-order valence-electron chi connectivity index (χ1n) is 9.38. The van der Waals surface area contributed by atoms with Crippen LogP contribution in [-0.4, -0.2) is 34.9 Å². The molecule has 136 valence electrons. The molecular weight excluding hydrogens is 298 g/mol. The van der Waals surface area contributed by atoms with Crippen molar-refractivity contribution in [2.75, 3.05) is 13.1 Å². The number of aromatic nitrogens is 2. The minimum atomic E-state index is 0.320. The third-order valence-corrected chi connectivity index (χ3v) is 5.33. The average Bonchev–Trinajstić information content (AvgIpc) is 3.05. The van der Waals surface area contributed by atoms with Crippen molar-refractivity contribution in [2.24, 2.45) is 17.5 Å². The highest BCUT2D eigenvalue weighted by Crippen LogP contribution is 2.37. The average molecular weight is 334 g/mol. The molecule has 0 radical (unpaired) electrons. The molecular formula is C19H35N5. The van der Waals surface area contributed by atoms with Crippen molar-refractivity contribution >= 4 is 5.96 Å². The fourth-order valence-electron chi connectivity index (χ4n) is 3.68. The van der Waals surface area contributed by atoms with Gasteiger partial charge in [0.25, 0.3) is 0 Å². The van der Waals surface area contributed by atoms with Crippen LogP contribution in [0.25, 0.3) is 0 Å². The second kappa shape index (κ2) is 8.04. The number of hydrogen-bond donors (Lipinski definition) is 2. The molecule has 1 unspecified atom stereocenters. The Labute approximate surface area is 147 Å². The third kappa shape index (κ3) is 4.74. The minimum absolute atomic E-state index is 0.320. The van der Waals surface area contributed by atoms with Gasteiger partial charge in [0.1, 0.15) is 0 Å². The smallest absolute Gasteiger partial charge is 0.191 e. The van der Waals surface area contributed by atoms with Crippen LogP contribution < -0.4 is 10.6 Å². The van der Waals surface area contributed by atoms with Crippen LogP contribution >= 0.6 is 0 Å². The second-order valence-corrected chi connectivity index (χ2v) is 7.74. The molecule has 2 rings (SSSR count).